The largest absolute Gasteiger partial charge is 0.489 e. The number of ether oxygens (including phenoxy) is 1. The van der Waals surface area contributed by atoms with Crippen molar-refractivity contribution >= 4 is 71.1 Å². The fraction of sp³-hybridized carbons (Fsp3) is 0.279. The maximum absolute atomic E-state index is 14.1. The van der Waals surface area contributed by atoms with E-state index in [0.717, 1.165) is 15.9 Å². The van der Waals surface area contributed by atoms with Crippen LogP contribution in [-0.2, 0) is 15.8 Å². The topological polar surface area (TPSA) is 95.5 Å². The summed E-state index contributed by atoms with van der Waals surface area (Å²) in [5.74, 6) is 0.461. The zero-order valence-corrected chi connectivity index (χ0v) is 34.7. The summed E-state index contributed by atoms with van der Waals surface area (Å²) in [6.45, 7) is 12.0. The van der Waals surface area contributed by atoms with Crippen molar-refractivity contribution in [1.82, 2.24) is 20.4 Å². The van der Waals surface area contributed by atoms with Gasteiger partial charge in [0.05, 0.1) is 19.0 Å². The number of Topliss-reactive ketones (excluding diaryl/α,β-unsaturated/α-hetero) is 1. The molecule has 0 aliphatic carbocycles. The van der Waals surface area contributed by atoms with Crippen molar-refractivity contribution in [2.45, 2.75) is 54.0 Å². The molecule has 3 atom stereocenters. The number of aliphatic imine (C=N–C) groups is 1. The zero-order valence-electron chi connectivity index (χ0n) is 31.4. The van der Waals surface area contributed by atoms with Gasteiger partial charge in [0, 0.05) is 12.1 Å². The summed E-state index contributed by atoms with van der Waals surface area (Å²) >= 11 is 18.1. The molecular formula is C43H44Cl3N5O4Si. The van der Waals surface area contributed by atoms with Crippen molar-refractivity contribution < 1.29 is 18.8 Å². The van der Waals surface area contributed by atoms with E-state index in [2.05, 4.69) is 62.2 Å². The summed E-state index contributed by atoms with van der Waals surface area (Å²) in [7, 11) is -3.05. The predicted octanol–water partition coefficient (Wildman–Crippen LogP) is 6.56. The van der Waals surface area contributed by atoms with Gasteiger partial charge >= 0.3 is 0 Å². The van der Waals surface area contributed by atoms with Crippen LogP contribution in [0, 0.1) is 0 Å². The molecule has 9 nitrogen and oxygen atoms in total. The van der Waals surface area contributed by atoms with Crippen molar-refractivity contribution in [3.63, 3.8) is 0 Å². The molecule has 4 aromatic carbocycles. The van der Waals surface area contributed by atoms with E-state index in [1.54, 1.807) is 24.3 Å². The Hall–Kier alpha value is -4.58. The van der Waals surface area contributed by atoms with Gasteiger partial charge in [-0.25, -0.2) is 4.99 Å². The van der Waals surface area contributed by atoms with Gasteiger partial charge in [-0.1, -0.05) is 159 Å². The number of carbonyl (C=O) groups excluding carboxylic acids is 2. The second-order valence-electron chi connectivity index (χ2n) is 15.2. The van der Waals surface area contributed by atoms with Gasteiger partial charge in [-0.2, -0.15) is 0 Å². The van der Waals surface area contributed by atoms with E-state index >= 15 is 0 Å². The highest BCUT2D eigenvalue weighted by Crippen LogP contribution is 2.43. The first-order valence-corrected chi connectivity index (χ1v) is 21.5. The molecule has 2 N–H and O–H groups in total. The molecule has 1 saturated heterocycles. The Morgan fingerprint density at radius 2 is 1.50 bits per heavy atom. The Morgan fingerprint density at radius 1 is 0.911 bits per heavy atom. The van der Waals surface area contributed by atoms with Crippen LogP contribution >= 0.6 is 34.8 Å². The van der Waals surface area contributed by atoms with Crippen LogP contribution in [0.15, 0.2) is 145 Å². The SMILES string of the molecule is C=C1N[C@]23C=CCN2C(NC(=O)C(Cl)(Cl)Cl)=N[C@@H](CO[Si](c2ccccc2)(c2ccccc2)C(C)(C)C)[C@@H]3N1CC(=O)c1ccc(OCc2ccccc2)cc1. The van der Waals surface area contributed by atoms with Crippen molar-refractivity contribution in [2.24, 2.45) is 4.99 Å². The van der Waals surface area contributed by atoms with Crippen LogP contribution in [0.25, 0.3) is 0 Å². The van der Waals surface area contributed by atoms with Gasteiger partial charge in [-0.05, 0) is 51.3 Å². The van der Waals surface area contributed by atoms with Gasteiger partial charge in [-0.15, -0.1) is 0 Å². The van der Waals surface area contributed by atoms with Gasteiger partial charge in [0.25, 0.3) is 18.0 Å². The standard InChI is InChI=1S/C43H44Cl3N5O4Si/c1-30-49-42-25-14-26-51(42)40(48-39(53)43(44,45)46)47-36(29-55-56(41(2,3)4,34-17-10-6-11-18-34)35-19-12-7-13-20-35)38(42)50(30)27-37(52)32-21-23-33(24-22-32)54-28-31-15-8-5-9-16-31/h5-25,36,38,49H,1,26-29H2,2-4H3,(H,47,48,53)/t36-,38-,42+/m0/s1. The van der Waals surface area contributed by atoms with Gasteiger partial charge < -0.3 is 24.3 Å². The Kier molecular flexibility index (Phi) is 11.1. The van der Waals surface area contributed by atoms with Crippen molar-refractivity contribution in [3.8, 4) is 5.75 Å². The highest BCUT2D eigenvalue weighted by Gasteiger charge is 2.61. The molecule has 0 saturated carbocycles. The van der Waals surface area contributed by atoms with E-state index in [4.69, 9.17) is 49.0 Å². The third kappa shape index (κ3) is 7.61. The van der Waals surface area contributed by atoms with Crippen molar-refractivity contribution in [1.29, 1.82) is 0 Å². The quantitative estimate of drug-likeness (QED) is 0.0766. The zero-order chi connectivity index (χ0) is 39.7. The molecule has 290 valence electrons. The summed E-state index contributed by atoms with van der Waals surface area (Å²) in [6.07, 6.45) is 4.01. The van der Waals surface area contributed by atoms with Gasteiger partial charge in [0.1, 0.15) is 24.4 Å². The summed E-state index contributed by atoms with van der Waals surface area (Å²) in [4.78, 5) is 36.3. The number of hydrogen-bond acceptors (Lipinski definition) is 8. The van der Waals surface area contributed by atoms with Crippen LogP contribution < -0.4 is 25.7 Å². The van der Waals surface area contributed by atoms with Crippen molar-refractivity contribution in [3.05, 3.63) is 151 Å². The number of halogens is 3. The van der Waals surface area contributed by atoms with Gasteiger partial charge in [0.15, 0.2) is 11.4 Å². The highest BCUT2D eigenvalue weighted by molar-refractivity contribution is 6.99. The third-order valence-corrected chi connectivity index (χ3v) is 16.1. The molecule has 0 bridgehead atoms. The first-order valence-electron chi connectivity index (χ1n) is 18.4. The number of rotatable bonds is 11. The van der Waals surface area contributed by atoms with Crippen LogP contribution in [0.1, 0.15) is 36.7 Å². The fourth-order valence-corrected chi connectivity index (χ4v) is 12.8. The molecule has 56 heavy (non-hydrogen) atoms. The Bertz CT molecular complexity index is 2090. The van der Waals surface area contributed by atoms with Crippen LogP contribution in [-0.4, -0.2) is 77.0 Å². The van der Waals surface area contributed by atoms with Gasteiger partial charge in [-0.3, -0.25) is 14.9 Å². The molecule has 3 heterocycles. The number of guanidine groups is 1. The van der Waals surface area contributed by atoms with Crippen LogP contribution in [0.2, 0.25) is 5.04 Å². The number of benzene rings is 4. The number of carbonyl (C=O) groups is 2. The van der Waals surface area contributed by atoms with Crippen LogP contribution in [0.5, 0.6) is 5.75 Å². The van der Waals surface area contributed by atoms with Crippen molar-refractivity contribution in [2.75, 3.05) is 19.7 Å². The molecule has 4 aromatic rings. The van der Waals surface area contributed by atoms with E-state index in [1.807, 2.05) is 88.7 Å². The predicted molar refractivity (Wildman–Crippen MR) is 226 cm³/mol. The molecule has 0 aromatic heterocycles. The highest BCUT2D eigenvalue weighted by atomic mass is 35.6. The van der Waals surface area contributed by atoms with E-state index in [1.165, 1.54) is 0 Å². The number of alkyl halides is 3. The molecular weight excluding hydrogens is 785 g/mol. The van der Waals surface area contributed by atoms with E-state index in [-0.39, 0.29) is 29.9 Å². The summed E-state index contributed by atoms with van der Waals surface area (Å²) < 4.78 is 11.2. The number of amides is 1. The first kappa shape index (κ1) is 39.6. The minimum Gasteiger partial charge on any atom is -0.489 e. The lowest BCUT2D eigenvalue weighted by Gasteiger charge is -2.49. The Morgan fingerprint density at radius 3 is 2.07 bits per heavy atom. The fourth-order valence-electron chi connectivity index (χ4n) is 8.08. The molecule has 0 radical (unpaired) electrons. The molecule has 1 fully saturated rings. The molecule has 3 aliphatic rings. The summed E-state index contributed by atoms with van der Waals surface area (Å²) in [5.41, 5.74) is 0.624. The molecule has 1 spiro atoms. The number of hydrogen-bond donors (Lipinski definition) is 2. The normalized spacial score (nSPS) is 20.5. The smallest absolute Gasteiger partial charge is 0.278 e. The number of ketones is 1. The lowest BCUT2D eigenvalue weighted by atomic mass is 9.92. The maximum atomic E-state index is 14.1. The molecule has 3 aliphatic heterocycles. The van der Waals surface area contributed by atoms with E-state index < -0.39 is 35.8 Å². The number of nitrogens with one attached hydrogen (secondary N) is 2. The van der Waals surface area contributed by atoms with Crippen LogP contribution in [0.4, 0.5) is 0 Å². The van der Waals surface area contributed by atoms with E-state index in [0.29, 0.717) is 30.3 Å². The lowest BCUT2D eigenvalue weighted by molar-refractivity contribution is -0.119. The average Bonchev–Trinajstić information content (AvgIpc) is 3.73. The molecule has 0 unspecified atom stereocenters. The van der Waals surface area contributed by atoms with E-state index in [9.17, 15) is 9.59 Å². The molecule has 13 heteroatoms. The third-order valence-electron chi connectivity index (χ3n) is 10.6. The Labute approximate surface area is 344 Å². The minimum absolute atomic E-state index is 0.00518. The summed E-state index contributed by atoms with van der Waals surface area (Å²) in [6, 6.07) is 36.6. The monoisotopic (exact) mass is 827 g/mol. The second-order valence-corrected chi connectivity index (χ2v) is 21.7. The summed E-state index contributed by atoms with van der Waals surface area (Å²) in [5, 5.41) is 8.24. The first-order chi connectivity index (χ1) is 26.7. The van der Waals surface area contributed by atoms with Crippen LogP contribution in [0.3, 0.4) is 0 Å². The minimum atomic E-state index is -3.05. The number of nitrogens with zero attached hydrogens (tertiary/aromatic N) is 3. The molecule has 7 rings (SSSR count). The molecule has 1 amide bonds. The second kappa shape index (κ2) is 15.7. The Balaban J connectivity index is 1.24. The van der Waals surface area contributed by atoms with Gasteiger partial charge in [0.2, 0.25) is 5.96 Å². The maximum Gasteiger partial charge on any atom is 0.278 e. The average molecular weight is 829 g/mol. The lowest BCUT2D eigenvalue weighted by Crippen LogP contribution is -2.71.